The molecule has 0 spiro atoms. The van der Waals surface area contributed by atoms with Gasteiger partial charge >= 0.3 is 0 Å². The predicted octanol–water partition coefficient (Wildman–Crippen LogP) is 3.50. The van der Waals surface area contributed by atoms with Crippen molar-refractivity contribution in [3.63, 3.8) is 0 Å². The van der Waals surface area contributed by atoms with Crippen LogP contribution in [-0.4, -0.2) is 53.2 Å². The highest BCUT2D eigenvalue weighted by Crippen LogP contribution is 2.27. The van der Waals surface area contributed by atoms with Crippen LogP contribution in [0, 0.1) is 13.8 Å². The van der Waals surface area contributed by atoms with Crippen LogP contribution in [0.5, 0.6) is 0 Å². The molecule has 3 heteroatoms. The Balaban J connectivity index is 1.62. The minimum Gasteiger partial charge on any atom is -0.396 e. The van der Waals surface area contributed by atoms with E-state index in [4.69, 9.17) is 0 Å². The van der Waals surface area contributed by atoms with Crippen molar-refractivity contribution in [2.45, 2.75) is 71.0 Å². The van der Waals surface area contributed by atoms with Crippen LogP contribution in [0.15, 0.2) is 18.2 Å². The highest BCUT2D eigenvalue weighted by molar-refractivity contribution is 5.29. The van der Waals surface area contributed by atoms with Crippen molar-refractivity contribution < 1.29 is 5.11 Å². The second kappa shape index (κ2) is 8.46. The molecule has 1 unspecified atom stereocenters. The summed E-state index contributed by atoms with van der Waals surface area (Å²) in [5.41, 5.74) is 4.19. The molecular weight excluding hydrogens is 296 g/mol. The Morgan fingerprint density at radius 1 is 1.04 bits per heavy atom. The van der Waals surface area contributed by atoms with Crippen molar-refractivity contribution >= 4 is 0 Å². The Bertz CT molecular complexity index is 525. The summed E-state index contributed by atoms with van der Waals surface area (Å²) >= 11 is 0. The van der Waals surface area contributed by atoms with Crippen LogP contribution in [0.3, 0.4) is 0 Å². The van der Waals surface area contributed by atoms with Gasteiger partial charge in [0.05, 0.1) is 0 Å². The van der Waals surface area contributed by atoms with Crippen LogP contribution in [-0.2, 0) is 6.54 Å². The lowest BCUT2D eigenvalue weighted by Crippen LogP contribution is -2.56. The molecule has 0 amide bonds. The van der Waals surface area contributed by atoms with Gasteiger partial charge < -0.3 is 5.11 Å². The zero-order valence-electron chi connectivity index (χ0n) is 15.5. The van der Waals surface area contributed by atoms with E-state index in [1.165, 1.54) is 55.3 Å². The van der Waals surface area contributed by atoms with Crippen molar-refractivity contribution in [2.24, 2.45) is 0 Å². The normalized spacial score (nSPS) is 24.4. The lowest BCUT2D eigenvalue weighted by atomic mass is 9.91. The van der Waals surface area contributed by atoms with E-state index in [2.05, 4.69) is 41.8 Å². The first-order chi connectivity index (χ1) is 11.7. The molecule has 0 bridgehead atoms. The van der Waals surface area contributed by atoms with Gasteiger partial charge in [-0.1, -0.05) is 37.5 Å². The summed E-state index contributed by atoms with van der Waals surface area (Å²) in [7, 11) is 0. The Labute approximate surface area is 147 Å². The van der Waals surface area contributed by atoms with Gasteiger partial charge in [0.25, 0.3) is 0 Å². The van der Waals surface area contributed by atoms with Gasteiger partial charge in [0.2, 0.25) is 0 Å². The van der Waals surface area contributed by atoms with Gasteiger partial charge in [0.1, 0.15) is 0 Å². The number of benzene rings is 1. The topological polar surface area (TPSA) is 26.7 Å². The van der Waals surface area contributed by atoms with Crippen LogP contribution in [0.2, 0.25) is 0 Å². The number of rotatable bonds is 5. The molecule has 3 rings (SSSR count). The zero-order valence-corrected chi connectivity index (χ0v) is 15.5. The predicted molar refractivity (Wildman–Crippen MR) is 100 cm³/mol. The number of hydrogen-bond donors (Lipinski definition) is 1. The largest absolute Gasteiger partial charge is 0.396 e. The van der Waals surface area contributed by atoms with Gasteiger partial charge in [-0.2, -0.15) is 0 Å². The summed E-state index contributed by atoms with van der Waals surface area (Å²) in [4.78, 5) is 5.32. The molecule has 1 aromatic rings. The number of hydrogen-bond acceptors (Lipinski definition) is 3. The van der Waals surface area contributed by atoms with Crippen molar-refractivity contribution in [1.82, 2.24) is 9.80 Å². The van der Waals surface area contributed by atoms with Crippen LogP contribution < -0.4 is 0 Å². The first-order valence-corrected chi connectivity index (χ1v) is 9.82. The summed E-state index contributed by atoms with van der Waals surface area (Å²) in [5.74, 6) is 0. The maximum absolute atomic E-state index is 9.53. The van der Waals surface area contributed by atoms with E-state index in [1.807, 2.05) is 0 Å². The van der Waals surface area contributed by atoms with Gasteiger partial charge in [0.15, 0.2) is 0 Å². The van der Waals surface area contributed by atoms with Gasteiger partial charge in [-0.05, 0) is 49.8 Å². The van der Waals surface area contributed by atoms with E-state index in [-0.39, 0.29) is 0 Å². The molecule has 3 nitrogen and oxygen atoms in total. The molecule has 134 valence electrons. The summed E-state index contributed by atoms with van der Waals surface area (Å²) in [5, 5.41) is 9.53. The number of nitrogens with zero attached hydrogens (tertiary/aromatic N) is 2. The van der Waals surface area contributed by atoms with Crippen molar-refractivity contribution in [3.8, 4) is 0 Å². The minimum absolute atomic E-state index is 0.311. The van der Waals surface area contributed by atoms with Crippen LogP contribution >= 0.6 is 0 Å². The monoisotopic (exact) mass is 330 g/mol. The fourth-order valence-corrected chi connectivity index (χ4v) is 4.54. The van der Waals surface area contributed by atoms with Gasteiger partial charge in [0, 0.05) is 44.9 Å². The lowest BCUT2D eigenvalue weighted by molar-refractivity contribution is 0.0137. The fraction of sp³-hybridized carbons (Fsp3) is 0.714. The number of aliphatic hydroxyl groups is 1. The smallest absolute Gasteiger partial charge is 0.0446 e. The second-order valence-corrected chi connectivity index (χ2v) is 7.85. The molecule has 1 N–H and O–H groups in total. The van der Waals surface area contributed by atoms with E-state index < -0.39 is 0 Å². The van der Waals surface area contributed by atoms with Crippen LogP contribution in [0.4, 0.5) is 0 Å². The third kappa shape index (κ3) is 4.38. The van der Waals surface area contributed by atoms with Crippen molar-refractivity contribution in [1.29, 1.82) is 0 Å². The molecule has 1 atom stereocenters. The highest BCUT2D eigenvalue weighted by Gasteiger charge is 2.32. The van der Waals surface area contributed by atoms with Crippen molar-refractivity contribution in [2.75, 3.05) is 26.2 Å². The molecule has 1 aliphatic heterocycles. The molecular formula is C21H34N2O. The Morgan fingerprint density at radius 3 is 2.54 bits per heavy atom. The number of aryl methyl sites for hydroxylation is 2. The van der Waals surface area contributed by atoms with Gasteiger partial charge in [-0.3, -0.25) is 9.80 Å². The molecule has 24 heavy (non-hydrogen) atoms. The van der Waals surface area contributed by atoms with E-state index in [0.29, 0.717) is 12.6 Å². The second-order valence-electron chi connectivity index (χ2n) is 7.85. The molecule has 1 aliphatic carbocycles. The zero-order chi connectivity index (χ0) is 16.9. The van der Waals surface area contributed by atoms with E-state index >= 15 is 0 Å². The average molecular weight is 331 g/mol. The minimum atomic E-state index is 0.311. The quantitative estimate of drug-likeness (QED) is 0.895. The van der Waals surface area contributed by atoms with E-state index in [0.717, 1.165) is 32.1 Å². The van der Waals surface area contributed by atoms with E-state index in [9.17, 15) is 5.11 Å². The maximum Gasteiger partial charge on any atom is 0.0446 e. The standard InChI is InChI=1S/C21H34N2O/c1-17-8-9-19(14-18(17)2)15-22-11-12-23(21(16-22)10-13-24)20-6-4-3-5-7-20/h8-9,14,20-21,24H,3-7,10-13,15-16H2,1-2H3. The van der Waals surface area contributed by atoms with Gasteiger partial charge in [-0.25, -0.2) is 0 Å². The lowest BCUT2D eigenvalue weighted by Gasteiger charge is -2.46. The van der Waals surface area contributed by atoms with Crippen molar-refractivity contribution in [3.05, 3.63) is 34.9 Å². The fourth-order valence-electron chi connectivity index (χ4n) is 4.54. The first kappa shape index (κ1) is 17.9. The molecule has 1 heterocycles. The maximum atomic E-state index is 9.53. The molecule has 1 saturated carbocycles. The van der Waals surface area contributed by atoms with Crippen LogP contribution in [0.25, 0.3) is 0 Å². The molecule has 1 saturated heterocycles. The molecule has 0 aromatic heterocycles. The first-order valence-electron chi connectivity index (χ1n) is 9.82. The SMILES string of the molecule is Cc1ccc(CN2CCN(C3CCCCC3)C(CCO)C2)cc1C. The summed E-state index contributed by atoms with van der Waals surface area (Å²) in [6, 6.07) is 8.15. The molecule has 0 radical (unpaired) electrons. The third-order valence-electron chi connectivity index (χ3n) is 6.10. The number of piperazine rings is 1. The van der Waals surface area contributed by atoms with Gasteiger partial charge in [-0.15, -0.1) is 0 Å². The number of aliphatic hydroxyl groups excluding tert-OH is 1. The summed E-state index contributed by atoms with van der Waals surface area (Å²) in [6.07, 6.45) is 7.82. The molecule has 2 aliphatic rings. The Kier molecular flexibility index (Phi) is 6.31. The van der Waals surface area contributed by atoms with Crippen LogP contribution in [0.1, 0.15) is 55.2 Å². The average Bonchev–Trinajstić information content (AvgIpc) is 2.60. The molecule has 2 fully saturated rings. The Hall–Kier alpha value is -0.900. The molecule has 1 aromatic carbocycles. The Morgan fingerprint density at radius 2 is 1.83 bits per heavy atom. The summed E-state index contributed by atoms with van der Waals surface area (Å²) < 4.78 is 0. The van der Waals surface area contributed by atoms with E-state index in [1.54, 1.807) is 0 Å². The highest BCUT2D eigenvalue weighted by atomic mass is 16.3. The summed E-state index contributed by atoms with van der Waals surface area (Å²) in [6.45, 7) is 9.16. The third-order valence-corrected chi connectivity index (χ3v) is 6.10.